The third-order valence-corrected chi connectivity index (χ3v) is 5.05. The molecule has 1 saturated heterocycles. The van der Waals surface area contributed by atoms with Crippen LogP contribution in [0.2, 0.25) is 0 Å². The molecular weight excluding hydrogens is 334 g/mol. The lowest BCUT2D eigenvalue weighted by molar-refractivity contribution is -0.384. The number of para-hydroxylation sites is 3. The van der Waals surface area contributed by atoms with Gasteiger partial charge < -0.3 is 9.64 Å². The van der Waals surface area contributed by atoms with Gasteiger partial charge in [-0.05, 0) is 25.0 Å². The molecule has 0 aromatic heterocycles. The predicted octanol–water partition coefficient (Wildman–Crippen LogP) is 3.72. The zero-order valence-electron chi connectivity index (χ0n) is 14.2. The highest BCUT2D eigenvalue weighted by molar-refractivity contribution is 5.91. The van der Waals surface area contributed by atoms with Gasteiger partial charge in [-0.2, -0.15) is 0 Å². The number of carbonyl (C=O) groups is 1. The van der Waals surface area contributed by atoms with E-state index in [9.17, 15) is 14.9 Å². The summed E-state index contributed by atoms with van der Waals surface area (Å²) in [6.07, 6.45) is 1.15. The number of hydrogen-bond acceptors (Lipinski definition) is 5. The number of nitro benzene ring substituents is 1. The fourth-order valence-electron chi connectivity index (χ4n) is 3.77. The van der Waals surface area contributed by atoms with E-state index in [0.29, 0.717) is 25.4 Å². The third kappa shape index (κ3) is 2.85. The van der Waals surface area contributed by atoms with Crippen molar-refractivity contribution in [2.75, 3.05) is 22.9 Å². The topological polar surface area (TPSA) is 75.9 Å². The average molecular weight is 353 g/mol. The number of benzene rings is 2. The molecule has 0 aliphatic carbocycles. The summed E-state index contributed by atoms with van der Waals surface area (Å²) in [5, 5.41) is 11.3. The van der Waals surface area contributed by atoms with E-state index in [2.05, 4.69) is 0 Å². The number of rotatable bonds is 3. The Hall–Kier alpha value is -3.09. The van der Waals surface area contributed by atoms with Crippen molar-refractivity contribution in [1.82, 2.24) is 0 Å². The first-order valence-corrected chi connectivity index (χ1v) is 8.67. The van der Waals surface area contributed by atoms with Crippen molar-refractivity contribution in [3.8, 4) is 0 Å². The minimum atomic E-state index is -0.348. The molecule has 26 heavy (non-hydrogen) atoms. The van der Waals surface area contributed by atoms with Gasteiger partial charge in [-0.1, -0.05) is 30.3 Å². The third-order valence-electron chi connectivity index (χ3n) is 5.05. The van der Waals surface area contributed by atoms with Crippen molar-refractivity contribution in [2.24, 2.45) is 0 Å². The molecule has 134 valence electrons. The molecule has 2 aromatic rings. The normalized spacial score (nSPS) is 17.6. The van der Waals surface area contributed by atoms with E-state index < -0.39 is 0 Å². The number of piperidine rings is 1. The molecule has 0 radical (unpaired) electrons. The minimum Gasteiger partial charge on any atom is -0.444 e. The lowest BCUT2D eigenvalue weighted by Crippen LogP contribution is -2.49. The maximum Gasteiger partial charge on any atom is 0.414 e. The van der Waals surface area contributed by atoms with E-state index in [1.54, 1.807) is 17.0 Å². The Morgan fingerprint density at radius 3 is 2.38 bits per heavy atom. The summed E-state index contributed by atoms with van der Waals surface area (Å²) in [6, 6.07) is 14.6. The zero-order chi connectivity index (χ0) is 18.1. The second kappa shape index (κ2) is 6.67. The summed E-state index contributed by atoms with van der Waals surface area (Å²) >= 11 is 0. The summed E-state index contributed by atoms with van der Waals surface area (Å²) < 4.78 is 5.32. The maximum atomic E-state index is 12.4. The maximum absolute atomic E-state index is 12.4. The highest BCUT2D eigenvalue weighted by Gasteiger charge is 2.34. The van der Waals surface area contributed by atoms with Crippen molar-refractivity contribution < 1.29 is 14.5 Å². The molecule has 2 aliphatic heterocycles. The molecule has 0 spiro atoms. The number of amides is 1. The van der Waals surface area contributed by atoms with Crippen molar-refractivity contribution in [3.63, 3.8) is 0 Å². The van der Waals surface area contributed by atoms with Gasteiger partial charge in [0, 0.05) is 30.8 Å². The molecular formula is C19H19N3O4. The summed E-state index contributed by atoms with van der Waals surface area (Å²) in [5.41, 5.74) is 2.67. The standard InChI is InChI=1S/C19H19N3O4/c23-19-21(16-6-2-1-5-14(16)13-26-19)15-9-11-20(12-10-15)17-7-3-4-8-18(17)22(24)25/h1-8,15H,9-13H2. The number of nitrogens with zero attached hydrogens (tertiary/aromatic N) is 3. The molecule has 7 nitrogen and oxygen atoms in total. The van der Waals surface area contributed by atoms with Gasteiger partial charge in [-0.25, -0.2) is 4.79 Å². The van der Waals surface area contributed by atoms with Crippen molar-refractivity contribution in [2.45, 2.75) is 25.5 Å². The molecule has 4 rings (SSSR count). The van der Waals surface area contributed by atoms with E-state index >= 15 is 0 Å². The number of nitro groups is 1. The molecule has 0 unspecified atom stereocenters. The molecule has 0 saturated carbocycles. The number of carbonyl (C=O) groups excluding carboxylic acids is 1. The Kier molecular flexibility index (Phi) is 4.20. The number of anilines is 2. The predicted molar refractivity (Wildman–Crippen MR) is 97.4 cm³/mol. The van der Waals surface area contributed by atoms with Gasteiger partial charge in [0.25, 0.3) is 5.69 Å². The molecule has 1 amide bonds. The SMILES string of the molecule is O=C1OCc2ccccc2N1C1CCN(c2ccccc2[N+](=O)[O-])CC1. The highest BCUT2D eigenvalue weighted by Crippen LogP contribution is 2.34. The second-order valence-corrected chi connectivity index (χ2v) is 6.52. The van der Waals surface area contributed by atoms with Crippen molar-refractivity contribution in [3.05, 3.63) is 64.2 Å². The van der Waals surface area contributed by atoms with Gasteiger partial charge in [0.2, 0.25) is 0 Å². The molecule has 0 N–H and O–H groups in total. The van der Waals surface area contributed by atoms with Gasteiger partial charge in [-0.15, -0.1) is 0 Å². The first-order chi connectivity index (χ1) is 12.6. The van der Waals surface area contributed by atoms with Crippen molar-refractivity contribution >= 4 is 23.2 Å². The number of ether oxygens (including phenoxy) is 1. The van der Waals surface area contributed by atoms with Gasteiger partial charge >= 0.3 is 6.09 Å². The largest absolute Gasteiger partial charge is 0.444 e. The van der Waals surface area contributed by atoms with Crippen LogP contribution in [-0.4, -0.2) is 30.1 Å². The van der Waals surface area contributed by atoms with Gasteiger partial charge in [-0.3, -0.25) is 15.0 Å². The Morgan fingerprint density at radius 1 is 1.00 bits per heavy atom. The molecule has 2 aliphatic rings. The van der Waals surface area contributed by atoms with Crippen LogP contribution in [-0.2, 0) is 11.3 Å². The molecule has 2 aromatic carbocycles. The summed E-state index contributed by atoms with van der Waals surface area (Å²) in [7, 11) is 0. The Balaban J connectivity index is 1.53. The first kappa shape index (κ1) is 16.4. The summed E-state index contributed by atoms with van der Waals surface area (Å²) in [5.74, 6) is 0. The first-order valence-electron chi connectivity index (χ1n) is 8.67. The molecule has 1 fully saturated rings. The lowest BCUT2D eigenvalue weighted by atomic mass is 10.00. The van der Waals surface area contributed by atoms with Crippen LogP contribution in [0.15, 0.2) is 48.5 Å². The lowest BCUT2D eigenvalue weighted by Gasteiger charge is -2.40. The number of hydrogen-bond donors (Lipinski definition) is 0. The van der Waals surface area contributed by atoms with Gasteiger partial charge in [0.15, 0.2) is 0 Å². The van der Waals surface area contributed by atoms with E-state index in [-0.39, 0.29) is 22.7 Å². The van der Waals surface area contributed by atoms with E-state index in [0.717, 1.165) is 24.1 Å². The zero-order valence-corrected chi connectivity index (χ0v) is 14.2. The summed E-state index contributed by atoms with van der Waals surface area (Å²) in [6.45, 7) is 1.61. The van der Waals surface area contributed by atoms with E-state index in [4.69, 9.17) is 4.74 Å². The Labute approximate surface area is 150 Å². The average Bonchev–Trinajstić information content (AvgIpc) is 2.68. The molecule has 7 heteroatoms. The van der Waals surface area contributed by atoms with E-state index in [1.807, 2.05) is 35.2 Å². The van der Waals surface area contributed by atoms with Crippen LogP contribution >= 0.6 is 0 Å². The number of cyclic esters (lactones) is 1. The molecule has 0 atom stereocenters. The second-order valence-electron chi connectivity index (χ2n) is 6.52. The monoisotopic (exact) mass is 353 g/mol. The molecule has 2 heterocycles. The van der Waals surface area contributed by atoms with Gasteiger partial charge in [0.1, 0.15) is 12.3 Å². The van der Waals surface area contributed by atoms with Crippen LogP contribution in [0, 0.1) is 10.1 Å². The Morgan fingerprint density at radius 2 is 1.65 bits per heavy atom. The van der Waals surface area contributed by atoms with Crippen molar-refractivity contribution in [1.29, 1.82) is 0 Å². The van der Waals surface area contributed by atoms with Crippen LogP contribution in [0.3, 0.4) is 0 Å². The fourth-order valence-corrected chi connectivity index (χ4v) is 3.77. The quantitative estimate of drug-likeness (QED) is 0.621. The van der Waals surface area contributed by atoms with Gasteiger partial charge in [0.05, 0.1) is 10.6 Å². The van der Waals surface area contributed by atoms with Crippen LogP contribution in [0.4, 0.5) is 21.9 Å². The highest BCUT2D eigenvalue weighted by atomic mass is 16.6. The summed E-state index contributed by atoms with van der Waals surface area (Å²) in [4.78, 5) is 27.0. The van der Waals surface area contributed by atoms with Crippen LogP contribution in [0.1, 0.15) is 18.4 Å². The van der Waals surface area contributed by atoms with E-state index in [1.165, 1.54) is 6.07 Å². The smallest absolute Gasteiger partial charge is 0.414 e. The Bertz CT molecular complexity index is 846. The fraction of sp³-hybridized carbons (Fsp3) is 0.316. The van der Waals surface area contributed by atoms with Crippen LogP contribution < -0.4 is 9.80 Å². The van der Waals surface area contributed by atoms with Crippen LogP contribution in [0.5, 0.6) is 0 Å². The number of fused-ring (bicyclic) bond motifs is 1. The molecule has 0 bridgehead atoms. The minimum absolute atomic E-state index is 0.0305. The van der Waals surface area contributed by atoms with Crippen LogP contribution in [0.25, 0.3) is 0 Å².